The van der Waals surface area contributed by atoms with Crippen LogP contribution >= 0.6 is 11.6 Å². The minimum Gasteiger partial charge on any atom is -0.504 e. The van der Waals surface area contributed by atoms with E-state index in [4.69, 9.17) is 30.6 Å². The van der Waals surface area contributed by atoms with E-state index in [2.05, 4.69) is 0 Å². The van der Waals surface area contributed by atoms with E-state index in [0.717, 1.165) is 0 Å². The normalized spacial score (nSPS) is 18.0. The third kappa shape index (κ3) is 4.30. The number of carboxylic acids is 1. The number of phenolic OH excluding ortho intramolecular Hbond substituents is 2. The molecule has 1 heterocycles. The molecular formula is C22H19ClO8. The van der Waals surface area contributed by atoms with Gasteiger partial charge >= 0.3 is 5.97 Å². The zero-order chi connectivity index (χ0) is 22.1. The van der Waals surface area contributed by atoms with E-state index >= 15 is 0 Å². The monoisotopic (exact) mass is 446 g/mol. The number of rotatable bonds is 7. The van der Waals surface area contributed by atoms with Crippen LogP contribution in [0.25, 0.3) is 22.3 Å². The van der Waals surface area contributed by atoms with Gasteiger partial charge in [-0.05, 0) is 31.0 Å². The van der Waals surface area contributed by atoms with Crippen molar-refractivity contribution in [3.63, 3.8) is 0 Å². The fourth-order valence-corrected chi connectivity index (χ4v) is 3.63. The van der Waals surface area contributed by atoms with Crippen LogP contribution in [0.3, 0.4) is 0 Å². The fraction of sp³-hybridized carbons (Fsp3) is 0.273. The van der Waals surface area contributed by atoms with Crippen molar-refractivity contribution in [1.82, 2.24) is 0 Å². The number of hydrogen-bond donors (Lipinski definition) is 3. The number of benzene rings is 2. The molecule has 0 aliphatic heterocycles. The molecular weight excluding hydrogens is 428 g/mol. The van der Waals surface area contributed by atoms with Crippen LogP contribution in [0.2, 0.25) is 5.02 Å². The molecule has 0 unspecified atom stereocenters. The van der Waals surface area contributed by atoms with Crippen LogP contribution in [-0.4, -0.2) is 40.6 Å². The highest BCUT2D eigenvalue weighted by molar-refractivity contribution is 6.34. The molecule has 0 amide bonds. The Morgan fingerprint density at radius 2 is 1.87 bits per heavy atom. The van der Waals surface area contributed by atoms with E-state index in [-0.39, 0.29) is 58.3 Å². The molecule has 1 fully saturated rings. The lowest BCUT2D eigenvalue weighted by Crippen LogP contribution is -2.37. The topological polar surface area (TPSA) is 126 Å². The lowest BCUT2D eigenvalue weighted by Gasteiger charge is -2.32. The predicted octanol–water partition coefficient (Wildman–Crippen LogP) is 3.78. The molecule has 1 saturated carbocycles. The van der Waals surface area contributed by atoms with Crippen molar-refractivity contribution in [3.8, 4) is 28.6 Å². The van der Waals surface area contributed by atoms with Gasteiger partial charge in [-0.1, -0.05) is 17.7 Å². The number of carbonyl (C=O) groups is 1. The molecule has 1 aliphatic rings. The molecule has 1 aliphatic carbocycles. The van der Waals surface area contributed by atoms with Gasteiger partial charge in [0.15, 0.2) is 22.5 Å². The molecule has 8 nitrogen and oxygen atoms in total. The Morgan fingerprint density at radius 1 is 1.13 bits per heavy atom. The zero-order valence-electron chi connectivity index (χ0n) is 16.2. The van der Waals surface area contributed by atoms with Crippen molar-refractivity contribution in [2.24, 2.45) is 5.92 Å². The van der Waals surface area contributed by atoms with Crippen molar-refractivity contribution < 1.29 is 34.0 Å². The maximum atomic E-state index is 12.5. The van der Waals surface area contributed by atoms with Crippen LogP contribution in [0.15, 0.2) is 45.6 Å². The molecule has 162 valence electrons. The lowest BCUT2D eigenvalue weighted by molar-refractivity contribution is -0.151. The Bertz CT molecular complexity index is 1200. The summed E-state index contributed by atoms with van der Waals surface area (Å²) in [4.78, 5) is 23.3. The molecule has 1 aromatic heterocycles. The highest BCUT2D eigenvalue weighted by atomic mass is 35.5. The van der Waals surface area contributed by atoms with Crippen LogP contribution < -0.4 is 10.2 Å². The van der Waals surface area contributed by atoms with E-state index in [1.54, 1.807) is 18.2 Å². The first-order chi connectivity index (χ1) is 14.8. The summed E-state index contributed by atoms with van der Waals surface area (Å²) in [5.41, 5.74) is 0.133. The molecule has 0 atom stereocenters. The third-order valence-corrected chi connectivity index (χ3v) is 5.49. The number of fused-ring (bicyclic) bond motifs is 1. The van der Waals surface area contributed by atoms with Crippen molar-refractivity contribution >= 4 is 28.5 Å². The summed E-state index contributed by atoms with van der Waals surface area (Å²) in [5, 5.41) is 29.3. The van der Waals surface area contributed by atoms with E-state index in [0.29, 0.717) is 18.2 Å². The van der Waals surface area contributed by atoms with Gasteiger partial charge in [0.2, 0.25) is 0 Å². The lowest BCUT2D eigenvalue weighted by atomic mass is 9.82. The standard InChI is InChI=1S/C22H19ClO8/c23-15-3-1-2-13-16(24)9-20(31-21(13)15)14-8-17(25)18(26)10-19(14)30-5-4-29-12-6-11(7-12)22(27)28/h1-3,8-12,25-26H,4-7H2,(H,27,28). The van der Waals surface area contributed by atoms with E-state index in [1.807, 2.05) is 0 Å². The average molecular weight is 447 g/mol. The predicted molar refractivity (Wildman–Crippen MR) is 112 cm³/mol. The highest BCUT2D eigenvalue weighted by Crippen LogP contribution is 2.40. The van der Waals surface area contributed by atoms with Crippen molar-refractivity contribution in [1.29, 1.82) is 0 Å². The first-order valence-corrected chi connectivity index (χ1v) is 9.97. The summed E-state index contributed by atoms with van der Waals surface area (Å²) in [6.45, 7) is 0.301. The quantitative estimate of drug-likeness (QED) is 0.369. The van der Waals surface area contributed by atoms with Gasteiger partial charge in [-0.3, -0.25) is 9.59 Å². The summed E-state index contributed by atoms with van der Waals surface area (Å²) in [6.07, 6.45) is 0.797. The van der Waals surface area contributed by atoms with Crippen LogP contribution in [0, 0.1) is 5.92 Å². The minimum absolute atomic E-state index is 0.101. The molecule has 0 saturated heterocycles. The van der Waals surface area contributed by atoms with Crippen LogP contribution in [0.5, 0.6) is 17.2 Å². The van der Waals surface area contributed by atoms with Crippen molar-refractivity contribution in [2.75, 3.05) is 13.2 Å². The summed E-state index contributed by atoms with van der Waals surface area (Å²) < 4.78 is 17.1. The molecule has 0 spiro atoms. The Balaban J connectivity index is 1.54. The molecule has 0 bridgehead atoms. The molecule has 9 heteroatoms. The smallest absolute Gasteiger partial charge is 0.306 e. The van der Waals surface area contributed by atoms with Crippen LogP contribution in [-0.2, 0) is 9.53 Å². The van der Waals surface area contributed by atoms with Crippen molar-refractivity contribution in [3.05, 3.63) is 51.6 Å². The molecule has 3 aromatic rings. The van der Waals surface area contributed by atoms with Gasteiger partial charge in [-0.25, -0.2) is 0 Å². The summed E-state index contributed by atoms with van der Waals surface area (Å²) in [7, 11) is 0. The Labute approximate surface area is 181 Å². The third-order valence-electron chi connectivity index (χ3n) is 5.19. The maximum absolute atomic E-state index is 12.5. The van der Waals surface area contributed by atoms with Gasteiger partial charge in [0, 0.05) is 12.1 Å². The van der Waals surface area contributed by atoms with Gasteiger partial charge in [-0.2, -0.15) is 0 Å². The van der Waals surface area contributed by atoms with Crippen LogP contribution in [0.1, 0.15) is 12.8 Å². The number of hydrogen-bond acceptors (Lipinski definition) is 7. The zero-order valence-corrected chi connectivity index (χ0v) is 17.0. The number of halogens is 1. The van der Waals surface area contributed by atoms with E-state index in [1.165, 1.54) is 18.2 Å². The van der Waals surface area contributed by atoms with Gasteiger partial charge < -0.3 is 29.2 Å². The molecule has 31 heavy (non-hydrogen) atoms. The van der Waals surface area contributed by atoms with Gasteiger partial charge in [0.05, 0.1) is 34.6 Å². The summed E-state index contributed by atoms with van der Waals surface area (Å²) in [5.74, 6) is -1.71. The Kier molecular flexibility index (Phi) is 5.75. The maximum Gasteiger partial charge on any atom is 0.306 e. The summed E-state index contributed by atoms with van der Waals surface area (Å²) in [6, 6.07) is 8.53. The average Bonchev–Trinajstić information content (AvgIpc) is 2.69. The molecule has 4 rings (SSSR count). The number of aromatic hydroxyl groups is 2. The second-order valence-electron chi connectivity index (χ2n) is 7.28. The van der Waals surface area contributed by atoms with Gasteiger partial charge in [0.25, 0.3) is 0 Å². The Morgan fingerprint density at radius 3 is 2.61 bits per heavy atom. The second-order valence-corrected chi connectivity index (χ2v) is 7.68. The number of phenols is 2. The molecule has 2 aromatic carbocycles. The van der Waals surface area contributed by atoms with Crippen molar-refractivity contribution in [2.45, 2.75) is 18.9 Å². The molecule has 0 radical (unpaired) electrons. The minimum atomic E-state index is -0.822. The summed E-state index contributed by atoms with van der Waals surface area (Å²) >= 11 is 6.16. The first kappa shape index (κ1) is 21.0. The number of carboxylic acid groups (broad SMARTS) is 1. The SMILES string of the molecule is O=C(O)C1CC(OCCOc2cc(O)c(O)cc2-c2cc(=O)c3cccc(Cl)c3o2)C1. The largest absolute Gasteiger partial charge is 0.504 e. The first-order valence-electron chi connectivity index (χ1n) is 9.59. The van der Waals surface area contributed by atoms with Gasteiger partial charge in [0.1, 0.15) is 18.1 Å². The fourth-order valence-electron chi connectivity index (χ4n) is 3.41. The number of aliphatic carboxylic acids is 1. The number of para-hydroxylation sites is 1. The number of ether oxygens (including phenoxy) is 2. The van der Waals surface area contributed by atoms with E-state index in [9.17, 15) is 19.8 Å². The molecule has 3 N–H and O–H groups in total. The van der Waals surface area contributed by atoms with E-state index < -0.39 is 17.5 Å². The van der Waals surface area contributed by atoms with Crippen LogP contribution in [0.4, 0.5) is 0 Å². The highest BCUT2D eigenvalue weighted by Gasteiger charge is 2.35. The second kappa shape index (κ2) is 8.49. The Hall–Kier alpha value is -3.23. The van der Waals surface area contributed by atoms with Gasteiger partial charge in [-0.15, -0.1) is 0 Å².